The molecular formula is C18H16BrN3O2S2. The van der Waals surface area contributed by atoms with Crippen molar-refractivity contribution in [2.75, 3.05) is 5.75 Å². The Morgan fingerprint density at radius 3 is 2.65 bits per heavy atom. The molecule has 0 fully saturated rings. The van der Waals surface area contributed by atoms with Gasteiger partial charge in [-0.2, -0.15) is 0 Å². The molecule has 2 amide bonds. The van der Waals surface area contributed by atoms with Crippen molar-refractivity contribution in [3.05, 3.63) is 51.1 Å². The first-order valence-electron chi connectivity index (χ1n) is 7.96. The molecule has 3 aromatic rings. The first-order valence-corrected chi connectivity index (χ1v) is 10.6. The lowest BCUT2D eigenvalue weighted by molar-refractivity contribution is -0.117. The van der Waals surface area contributed by atoms with Gasteiger partial charge in [0.15, 0.2) is 0 Å². The number of nitrogens with zero attached hydrogens (tertiary/aromatic N) is 2. The topological polar surface area (TPSA) is 72.0 Å². The van der Waals surface area contributed by atoms with Gasteiger partial charge < -0.3 is 0 Å². The number of amides is 2. The predicted octanol–water partition coefficient (Wildman–Crippen LogP) is 4.37. The lowest BCUT2D eigenvalue weighted by Crippen LogP contribution is -2.31. The second-order valence-electron chi connectivity index (χ2n) is 5.53. The normalized spacial score (nSPS) is 10.9. The molecule has 0 saturated carbocycles. The Kier molecular flexibility index (Phi) is 6.05. The number of carbonyl (C=O) groups excluding carboxylic acids is 2. The summed E-state index contributed by atoms with van der Waals surface area (Å²) in [5, 5.41) is 4.15. The van der Waals surface area contributed by atoms with E-state index in [-0.39, 0.29) is 11.7 Å². The maximum absolute atomic E-state index is 12.1. The maximum Gasteiger partial charge on any atom is 0.257 e. The van der Waals surface area contributed by atoms with Gasteiger partial charge in [0.25, 0.3) is 5.91 Å². The first kappa shape index (κ1) is 19.0. The Balaban J connectivity index is 1.67. The third-order valence-electron chi connectivity index (χ3n) is 3.57. The van der Waals surface area contributed by atoms with E-state index in [4.69, 9.17) is 0 Å². The summed E-state index contributed by atoms with van der Waals surface area (Å²) in [6.45, 7) is 3.94. The number of hydrogen-bond donors (Lipinski definition) is 1. The molecule has 0 aliphatic heterocycles. The fraction of sp³-hybridized carbons (Fsp3) is 0.222. The number of aryl methyl sites for hydroxylation is 2. The molecule has 0 aliphatic rings. The zero-order valence-corrected chi connectivity index (χ0v) is 17.4. The average Bonchev–Trinajstić information content (AvgIpc) is 3.03. The molecule has 1 N–H and O–H groups in total. The predicted molar refractivity (Wildman–Crippen MR) is 109 cm³/mol. The van der Waals surface area contributed by atoms with Gasteiger partial charge in [0, 0.05) is 20.3 Å². The Morgan fingerprint density at radius 2 is 1.96 bits per heavy atom. The Bertz CT molecular complexity index is 970. The second-order valence-corrected chi connectivity index (χ2v) is 8.53. The highest BCUT2D eigenvalue weighted by molar-refractivity contribution is 9.10. The number of thioether (sulfide) groups is 1. The molecule has 134 valence electrons. The van der Waals surface area contributed by atoms with E-state index in [0.29, 0.717) is 11.4 Å². The van der Waals surface area contributed by atoms with Crippen LogP contribution in [0.15, 0.2) is 39.8 Å². The number of benzene rings is 1. The van der Waals surface area contributed by atoms with Gasteiger partial charge in [-0.25, -0.2) is 9.97 Å². The highest BCUT2D eigenvalue weighted by Gasteiger charge is 2.14. The Morgan fingerprint density at radius 1 is 1.23 bits per heavy atom. The molecule has 0 unspecified atom stereocenters. The zero-order chi connectivity index (χ0) is 18.7. The van der Waals surface area contributed by atoms with Crippen molar-refractivity contribution in [2.45, 2.75) is 25.3 Å². The summed E-state index contributed by atoms with van der Waals surface area (Å²) >= 11 is 6.28. The number of imide groups is 1. The third-order valence-corrected chi connectivity index (χ3v) is 6.26. The molecule has 1 aromatic carbocycles. The van der Waals surface area contributed by atoms with E-state index in [1.807, 2.05) is 6.92 Å². The van der Waals surface area contributed by atoms with Crippen molar-refractivity contribution >= 4 is 61.1 Å². The molecule has 8 heteroatoms. The highest BCUT2D eigenvalue weighted by atomic mass is 79.9. The minimum absolute atomic E-state index is 0.116. The van der Waals surface area contributed by atoms with Crippen LogP contribution in [0.25, 0.3) is 10.2 Å². The van der Waals surface area contributed by atoms with Crippen LogP contribution in [0.2, 0.25) is 0 Å². The molecule has 26 heavy (non-hydrogen) atoms. The maximum atomic E-state index is 12.1. The van der Waals surface area contributed by atoms with Crippen LogP contribution < -0.4 is 5.32 Å². The monoisotopic (exact) mass is 449 g/mol. The number of thiophene rings is 1. The van der Waals surface area contributed by atoms with Crippen molar-refractivity contribution in [2.24, 2.45) is 0 Å². The largest absolute Gasteiger partial charge is 0.292 e. The van der Waals surface area contributed by atoms with E-state index >= 15 is 0 Å². The molecule has 2 aromatic heterocycles. The Labute approximate surface area is 167 Å². The van der Waals surface area contributed by atoms with E-state index in [2.05, 4.69) is 44.2 Å². The van der Waals surface area contributed by atoms with Crippen LogP contribution in [0.1, 0.15) is 28.0 Å². The summed E-state index contributed by atoms with van der Waals surface area (Å²) in [6.07, 6.45) is 0.937. The van der Waals surface area contributed by atoms with Gasteiger partial charge in [-0.3, -0.25) is 14.9 Å². The summed E-state index contributed by atoms with van der Waals surface area (Å²) < 4.78 is 0.876. The minimum Gasteiger partial charge on any atom is -0.292 e. The molecule has 0 radical (unpaired) electrons. The molecule has 0 atom stereocenters. The van der Waals surface area contributed by atoms with E-state index in [1.54, 1.807) is 35.6 Å². The fourth-order valence-electron chi connectivity index (χ4n) is 2.30. The summed E-state index contributed by atoms with van der Waals surface area (Å²) in [4.78, 5) is 35.3. The van der Waals surface area contributed by atoms with Crippen LogP contribution >= 0.6 is 39.0 Å². The smallest absolute Gasteiger partial charge is 0.257 e. The lowest BCUT2D eigenvalue weighted by atomic mass is 10.2. The number of rotatable bonds is 5. The van der Waals surface area contributed by atoms with E-state index in [0.717, 1.165) is 26.1 Å². The summed E-state index contributed by atoms with van der Waals surface area (Å²) in [5.74, 6) is 0.0375. The third kappa shape index (κ3) is 4.49. The van der Waals surface area contributed by atoms with Gasteiger partial charge in [-0.15, -0.1) is 11.3 Å². The molecule has 2 heterocycles. The van der Waals surface area contributed by atoms with Crippen molar-refractivity contribution in [1.29, 1.82) is 0 Å². The SMILES string of the molecule is CCc1cc2c(SCC(=O)NC(=O)c3ccc(Br)cc3)nc(C)nc2s1. The van der Waals surface area contributed by atoms with E-state index in [9.17, 15) is 9.59 Å². The van der Waals surface area contributed by atoms with Gasteiger partial charge in [-0.05, 0) is 43.7 Å². The van der Waals surface area contributed by atoms with E-state index in [1.165, 1.54) is 16.6 Å². The standard InChI is InChI=1S/C18H16BrN3O2S2/c1-3-13-8-14-17(20-10(2)21-18(14)26-13)25-9-15(23)22-16(24)11-4-6-12(19)7-5-11/h4-8H,3,9H2,1-2H3,(H,22,23,24). The van der Waals surface area contributed by atoms with Gasteiger partial charge in [0.05, 0.1) is 5.75 Å². The van der Waals surface area contributed by atoms with Crippen molar-refractivity contribution in [3.8, 4) is 0 Å². The number of hydrogen-bond acceptors (Lipinski definition) is 6. The molecule has 0 aliphatic carbocycles. The highest BCUT2D eigenvalue weighted by Crippen LogP contribution is 2.31. The van der Waals surface area contributed by atoms with E-state index < -0.39 is 5.91 Å². The van der Waals surface area contributed by atoms with Crippen LogP contribution in [-0.4, -0.2) is 27.5 Å². The van der Waals surface area contributed by atoms with Gasteiger partial charge >= 0.3 is 0 Å². The number of aromatic nitrogens is 2. The zero-order valence-electron chi connectivity index (χ0n) is 14.2. The van der Waals surface area contributed by atoms with Crippen LogP contribution in [0, 0.1) is 6.92 Å². The van der Waals surface area contributed by atoms with Crippen LogP contribution in [0.4, 0.5) is 0 Å². The summed E-state index contributed by atoms with van der Waals surface area (Å²) in [7, 11) is 0. The fourth-order valence-corrected chi connectivity index (χ4v) is 4.49. The van der Waals surface area contributed by atoms with Crippen LogP contribution in [-0.2, 0) is 11.2 Å². The number of carbonyl (C=O) groups is 2. The second kappa shape index (κ2) is 8.28. The molecule has 5 nitrogen and oxygen atoms in total. The van der Waals surface area contributed by atoms with Crippen molar-refractivity contribution in [3.63, 3.8) is 0 Å². The Hall–Kier alpha value is -1.77. The molecule has 0 spiro atoms. The number of fused-ring (bicyclic) bond motifs is 1. The molecular weight excluding hydrogens is 434 g/mol. The average molecular weight is 450 g/mol. The van der Waals surface area contributed by atoms with Gasteiger partial charge in [0.1, 0.15) is 15.7 Å². The number of halogens is 1. The summed E-state index contributed by atoms with van der Waals surface area (Å²) in [6, 6.07) is 8.92. The number of nitrogens with one attached hydrogen (secondary N) is 1. The van der Waals surface area contributed by atoms with Crippen molar-refractivity contribution < 1.29 is 9.59 Å². The van der Waals surface area contributed by atoms with Gasteiger partial charge in [0.2, 0.25) is 5.91 Å². The van der Waals surface area contributed by atoms with Gasteiger partial charge in [-0.1, -0.05) is 34.6 Å². The van der Waals surface area contributed by atoms with Crippen LogP contribution in [0.5, 0.6) is 0 Å². The lowest BCUT2D eigenvalue weighted by Gasteiger charge is -2.05. The van der Waals surface area contributed by atoms with Crippen LogP contribution in [0.3, 0.4) is 0 Å². The molecule has 0 bridgehead atoms. The quantitative estimate of drug-likeness (QED) is 0.462. The minimum atomic E-state index is -0.407. The summed E-state index contributed by atoms with van der Waals surface area (Å²) in [5.41, 5.74) is 0.442. The molecule has 3 rings (SSSR count). The first-order chi connectivity index (χ1) is 12.5. The molecule has 0 saturated heterocycles. The van der Waals surface area contributed by atoms with Crippen molar-refractivity contribution in [1.82, 2.24) is 15.3 Å².